The lowest BCUT2D eigenvalue weighted by Gasteiger charge is -2.24. The van der Waals surface area contributed by atoms with Crippen molar-refractivity contribution in [2.45, 2.75) is 18.9 Å². The van der Waals surface area contributed by atoms with Gasteiger partial charge in [0.2, 0.25) is 5.91 Å². The Balaban J connectivity index is 1.41. The Labute approximate surface area is 167 Å². The van der Waals surface area contributed by atoms with Crippen molar-refractivity contribution in [3.63, 3.8) is 0 Å². The van der Waals surface area contributed by atoms with Crippen LogP contribution in [0.15, 0.2) is 42.5 Å². The molecule has 2 heterocycles. The Morgan fingerprint density at radius 2 is 1.68 bits per heavy atom. The number of rotatable bonds is 3. The molecule has 2 aromatic rings. The topological polar surface area (TPSA) is 79.9 Å². The predicted molar refractivity (Wildman–Crippen MR) is 106 cm³/mol. The Bertz CT molecular complexity index is 888. The van der Waals surface area contributed by atoms with Crippen molar-refractivity contribution in [3.8, 4) is 11.5 Å². The van der Waals surface area contributed by atoms with Crippen LogP contribution in [0.2, 0.25) is 5.02 Å². The molecule has 0 aromatic heterocycles. The van der Waals surface area contributed by atoms with E-state index in [1.54, 1.807) is 47.4 Å². The van der Waals surface area contributed by atoms with Gasteiger partial charge in [0.1, 0.15) is 19.3 Å². The third kappa shape index (κ3) is 3.99. The fourth-order valence-corrected chi connectivity index (χ4v) is 3.48. The molecule has 8 heteroatoms. The van der Waals surface area contributed by atoms with Crippen LogP contribution in [0.1, 0.15) is 12.8 Å². The van der Waals surface area contributed by atoms with E-state index < -0.39 is 6.04 Å². The number of urea groups is 1. The minimum atomic E-state index is -0.527. The van der Waals surface area contributed by atoms with E-state index in [1.165, 1.54) is 0 Å². The van der Waals surface area contributed by atoms with Crippen molar-refractivity contribution >= 4 is 34.9 Å². The first-order valence-corrected chi connectivity index (χ1v) is 9.52. The van der Waals surface area contributed by atoms with E-state index in [0.717, 1.165) is 6.42 Å². The maximum absolute atomic E-state index is 12.8. The van der Waals surface area contributed by atoms with Gasteiger partial charge in [-0.05, 0) is 49.2 Å². The smallest absolute Gasteiger partial charge is 0.322 e. The summed E-state index contributed by atoms with van der Waals surface area (Å²) in [5.74, 6) is 1.04. The van der Waals surface area contributed by atoms with Crippen LogP contribution in [0.4, 0.5) is 16.2 Å². The van der Waals surface area contributed by atoms with Gasteiger partial charge >= 0.3 is 6.03 Å². The number of hydrogen-bond acceptors (Lipinski definition) is 4. The largest absolute Gasteiger partial charge is 0.486 e. The van der Waals surface area contributed by atoms with Gasteiger partial charge in [-0.25, -0.2) is 4.79 Å². The first kappa shape index (κ1) is 18.4. The molecule has 0 spiro atoms. The first-order valence-electron chi connectivity index (χ1n) is 9.14. The van der Waals surface area contributed by atoms with Crippen LogP contribution in [-0.2, 0) is 4.79 Å². The summed E-state index contributed by atoms with van der Waals surface area (Å²) in [4.78, 5) is 27.0. The van der Waals surface area contributed by atoms with Gasteiger partial charge in [0.15, 0.2) is 11.5 Å². The van der Waals surface area contributed by atoms with Crippen molar-refractivity contribution in [1.82, 2.24) is 4.90 Å². The Hall–Kier alpha value is -2.93. The van der Waals surface area contributed by atoms with Crippen LogP contribution in [-0.4, -0.2) is 42.6 Å². The summed E-state index contributed by atoms with van der Waals surface area (Å²) >= 11 is 5.87. The van der Waals surface area contributed by atoms with Gasteiger partial charge in [-0.3, -0.25) is 4.79 Å². The zero-order valence-electron chi connectivity index (χ0n) is 15.1. The van der Waals surface area contributed by atoms with Crippen molar-refractivity contribution in [2.24, 2.45) is 0 Å². The molecule has 0 saturated carbocycles. The van der Waals surface area contributed by atoms with Crippen LogP contribution >= 0.6 is 11.6 Å². The number of benzene rings is 2. The molecule has 0 aliphatic carbocycles. The molecule has 28 heavy (non-hydrogen) atoms. The number of fused-ring (bicyclic) bond motifs is 1. The van der Waals surface area contributed by atoms with Crippen molar-refractivity contribution < 1.29 is 19.1 Å². The molecular weight excluding hydrogens is 382 g/mol. The Morgan fingerprint density at radius 3 is 2.46 bits per heavy atom. The highest BCUT2D eigenvalue weighted by atomic mass is 35.5. The molecule has 2 aliphatic rings. The van der Waals surface area contributed by atoms with Crippen molar-refractivity contribution in [1.29, 1.82) is 0 Å². The minimum absolute atomic E-state index is 0.222. The Kier molecular flexibility index (Phi) is 5.25. The third-order valence-corrected chi connectivity index (χ3v) is 4.97. The Morgan fingerprint density at radius 1 is 0.964 bits per heavy atom. The van der Waals surface area contributed by atoms with E-state index in [-0.39, 0.29) is 11.9 Å². The number of nitrogens with zero attached hydrogens (tertiary/aromatic N) is 1. The molecular formula is C20H20ClN3O4. The second-order valence-corrected chi connectivity index (χ2v) is 7.07. The number of halogens is 1. The standard InChI is InChI=1S/C20H20ClN3O4/c21-13-3-5-14(6-4-13)23-20(26)24-9-1-2-16(24)19(25)22-15-7-8-17-18(12-15)28-11-10-27-17/h3-8,12,16H,1-2,9-11H2,(H,22,25)(H,23,26)/t16-/m0/s1. The zero-order chi connectivity index (χ0) is 19.5. The number of likely N-dealkylation sites (tertiary alicyclic amines) is 1. The van der Waals surface area contributed by atoms with Crippen LogP contribution in [0.5, 0.6) is 11.5 Å². The monoisotopic (exact) mass is 401 g/mol. The normalized spacial score (nSPS) is 17.9. The SMILES string of the molecule is O=C(Nc1ccc2c(c1)OCCO2)[C@@H]1CCCN1C(=O)Nc1ccc(Cl)cc1. The highest BCUT2D eigenvalue weighted by molar-refractivity contribution is 6.30. The molecule has 1 atom stereocenters. The van der Waals surface area contributed by atoms with E-state index in [4.69, 9.17) is 21.1 Å². The lowest BCUT2D eigenvalue weighted by Crippen LogP contribution is -2.45. The molecule has 4 rings (SSSR count). The van der Waals surface area contributed by atoms with Gasteiger partial charge in [-0.2, -0.15) is 0 Å². The quantitative estimate of drug-likeness (QED) is 0.820. The van der Waals surface area contributed by atoms with Gasteiger partial charge in [-0.15, -0.1) is 0 Å². The summed E-state index contributed by atoms with van der Waals surface area (Å²) in [6, 6.07) is 11.3. The summed E-state index contributed by atoms with van der Waals surface area (Å²) in [5, 5.41) is 6.28. The maximum atomic E-state index is 12.8. The highest BCUT2D eigenvalue weighted by Gasteiger charge is 2.34. The molecule has 1 saturated heterocycles. The second-order valence-electron chi connectivity index (χ2n) is 6.64. The summed E-state index contributed by atoms with van der Waals surface area (Å²) in [7, 11) is 0. The van der Waals surface area contributed by atoms with Crippen molar-refractivity contribution in [3.05, 3.63) is 47.5 Å². The molecule has 2 aromatic carbocycles. The highest BCUT2D eigenvalue weighted by Crippen LogP contribution is 2.33. The van der Waals surface area contributed by atoms with Gasteiger partial charge in [0.05, 0.1) is 0 Å². The van der Waals surface area contributed by atoms with E-state index in [1.807, 2.05) is 0 Å². The summed E-state index contributed by atoms with van der Waals surface area (Å²) in [6.07, 6.45) is 1.39. The summed E-state index contributed by atoms with van der Waals surface area (Å²) in [6.45, 7) is 1.52. The van der Waals surface area contributed by atoms with Gasteiger partial charge < -0.3 is 25.0 Å². The van der Waals surface area contributed by atoms with Crippen molar-refractivity contribution in [2.75, 3.05) is 30.4 Å². The maximum Gasteiger partial charge on any atom is 0.322 e. The number of amides is 3. The summed E-state index contributed by atoms with van der Waals surface area (Å²) in [5.41, 5.74) is 1.24. The van der Waals surface area contributed by atoms with Gasteiger partial charge in [-0.1, -0.05) is 11.6 Å². The van der Waals surface area contributed by atoms with Crippen LogP contribution in [0, 0.1) is 0 Å². The molecule has 146 valence electrons. The van der Waals surface area contributed by atoms with Crippen LogP contribution < -0.4 is 20.1 Å². The zero-order valence-corrected chi connectivity index (χ0v) is 15.9. The van der Waals surface area contributed by atoms with Crippen LogP contribution in [0.3, 0.4) is 0 Å². The van der Waals surface area contributed by atoms with E-state index >= 15 is 0 Å². The predicted octanol–water partition coefficient (Wildman–Crippen LogP) is 3.75. The molecule has 1 fully saturated rings. The number of ether oxygens (including phenoxy) is 2. The number of anilines is 2. The number of carbonyl (C=O) groups is 2. The molecule has 2 aliphatic heterocycles. The molecule has 3 amide bonds. The van der Waals surface area contributed by atoms with E-state index in [2.05, 4.69) is 10.6 Å². The fraction of sp³-hybridized carbons (Fsp3) is 0.300. The lowest BCUT2D eigenvalue weighted by molar-refractivity contribution is -0.119. The first-order chi connectivity index (χ1) is 13.6. The molecule has 0 unspecified atom stereocenters. The number of hydrogen-bond donors (Lipinski definition) is 2. The van der Waals surface area contributed by atoms with Gasteiger partial charge in [0, 0.05) is 29.0 Å². The van der Waals surface area contributed by atoms with Crippen LogP contribution in [0.25, 0.3) is 0 Å². The average Bonchev–Trinajstić information content (AvgIpc) is 3.20. The second kappa shape index (κ2) is 7.98. The van der Waals surface area contributed by atoms with Gasteiger partial charge in [0.25, 0.3) is 0 Å². The summed E-state index contributed by atoms with van der Waals surface area (Å²) < 4.78 is 11.0. The third-order valence-electron chi connectivity index (χ3n) is 4.72. The molecule has 7 nitrogen and oxygen atoms in total. The molecule has 0 radical (unpaired) electrons. The average molecular weight is 402 g/mol. The minimum Gasteiger partial charge on any atom is -0.486 e. The lowest BCUT2D eigenvalue weighted by atomic mass is 10.2. The van der Waals surface area contributed by atoms with E-state index in [0.29, 0.717) is 54.1 Å². The van der Waals surface area contributed by atoms with E-state index in [9.17, 15) is 9.59 Å². The molecule has 0 bridgehead atoms. The number of carbonyl (C=O) groups excluding carboxylic acids is 2. The molecule has 2 N–H and O–H groups in total. The fourth-order valence-electron chi connectivity index (χ4n) is 3.36. The number of nitrogens with one attached hydrogen (secondary N) is 2.